The molecule has 3 heterocycles. The van der Waals surface area contributed by atoms with Crippen LogP contribution < -0.4 is 0 Å². The number of allylic oxidation sites excluding steroid dienone is 1. The van der Waals surface area contributed by atoms with Gasteiger partial charge in [-0.05, 0) is 37.1 Å². The van der Waals surface area contributed by atoms with Gasteiger partial charge in [0.2, 0.25) is 10.0 Å². The van der Waals surface area contributed by atoms with E-state index in [1.807, 2.05) is 16.7 Å². The van der Waals surface area contributed by atoms with E-state index in [1.54, 1.807) is 34.9 Å². The molecule has 3 aromatic rings. The predicted octanol–water partition coefficient (Wildman–Crippen LogP) is 4.07. The molecule has 8 nitrogen and oxygen atoms in total. The van der Waals surface area contributed by atoms with E-state index in [0.29, 0.717) is 36.2 Å². The Kier molecular flexibility index (Phi) is 7.91. The van der Waals surface area contributed by atoms with E-state index in [-0.39, 0.29) is 16.4 Å². The van der Waals surface area contributed by atoms with Gasteiger partial charge in [-0.1, -0.05) is 42.8 Å². The molecular formula is C24H27N5O3S2. The molecule has 0 saturated carbocycles. The first-order valence-electron chi connectivity index (χ1n) is 11.2. The van der Waals surface area contributed by atoms with Gasteiger partial charge in [-0.15, -0.1) is 16.8 Å². The van der Waals surface area contributed by atoms with Crippen LogP contribution in [0, 0.1) is 0 Å². The zero-order valence-electron chi connectivity index (χ0n) is 18.8. The van der Waals surface area contributed by atoms with Gasteiger partial charge >= 0.3 is 0 Å². The lowest BCUT2D eigenvalue weighted by molar-refractivity contribution is 0.102. The molecule has 1 aliphatic rings. The van der Waals surface area contributed by atoms with Gasteiger partial charge in [0.1, 0.15) is 0 Å². The van der Waals surface area contributed by atoms with Crippen LogP contribution in [0.25, 0.3) is 11.4 Å². The molecule has 0 amide bonds. The van der Waals surface area contributed by atoms with Crippen molar-refractivity contribution in [1.29, 1.82) is 0 Å². The number of carbonyl (C=O) groups excluding carboxylic acids is 1. The van der Waals surface area contributed by atoms with Crippen LogP contribution in [-0.4, -0.2) is 57.1 Å². The van der Waals surface area contributed by atoms with E-state index in [9.17, 15) is 13.2 Å². The molecule has 4 rings (SSSR count). The fourth-order valence-corrected chi connectivity index (χ4v) is 6.22. The number of Topliss-reactive ketones (excluding diaryl/α,β-unsaturated/α-hetero) is 1. The maximum Gasteiger partial charge on any atom is 0.243 e. The summed E-state index contributed by atoms with van der Waals surface area (Å²) in [5.74, 6) is 0.728. The number of aromatic nitrogens is 4. The van der Waals surface area contributed by atoms with Crippen LogP contribution in [0.2, 0.25) is 0 Å². The number of rotatable bonds is 9. The lowest BCUT2D eigenvalue weighted by atomic mass is 10.1. The van der Waals surface area contributed by atoms with E-state index >= 15 is 0 Å². The first-order chi connectivity index (χ1) is 16.5. The number of sulfonamides is 1. The van der Waals surface area contributed by atoms with Crippen LogP contribution in [0.15, 0.2) is 71.5 Å². The largest absolute Gasteiger partial charge is 0.298 e. The molecule has 1 aliphatic heterocycles. The summed E-state index contributed by atoms with van der Waals surface area (Å²) < 4.78 is 29.4. The normalized spacial score (nSPS) is 15.1. The third kappa shape index (κ3) is 5.45. The molecule has 0 radical (unpaired) electrons. The highest BCUT2D eigenvalue weighted by atomic mass is 32.2. The maximum atomic E-state index is 13.0. The Balaban J connectivity index is 1.45. The Hall–Kier alpha value is -2.82. The molecule has 178 valence electrons. The van der Waals surface area contributed by atoms with Crippen molar-refractivity contribution < 1.29 is 13.2 Å². The Morgan fingerprint density at radius 2 is 1.68 bits per heavy atom. The minimum absolute atomic E-state index is 0.109. The average molecular weight is 498 g/mol. The van der Waals surface area contributed by atoms with Gasteiger partial charge in [-0.3, -0.25) is 14.3 Å². The van der Waals surface area contributed by atoms with Gasteiger partial charge in [0.15, 0.2) is 16.8 Å². The minimum Gasteiger partial charge on any atom is -0.298 e. The fraction of sp³-hybridized carbons (Fsp3) is 0.333. The Morgan fingerprint density at radius 3 is 2.32 bits per heavy atom. The van der Waals surface area contributed by atoms with Crippen molar-refractivity contribution >= 4 is 27.6 Å². The zero-order chi connectivity index (χ0) is 24.0. The summed E-state index contributed by atoms with van der Waals surface area (Å²) in [5, 5.41) is 9.14. The second-order valence-corrected chi connectivity index (χ2v) is 10.9. The molecule has 0 spiro atoms. The molecule has 1 saturated heterocycles. The van der Waals surface area contributed by atoms with Crippen molar-refractivity contribution in [3.8, 4) is 11.4 Å². The van der Waals surface area contributed by atoms with Crippen LogP contribution in [0.4, 0.5) is 0 Å². The number of ketones is 1. The molecule has 1 aromatic carbocycles. The smallest absolute Gasteiger partial charge is 0.243 e. The maximum absolute atomic E-state index is 13.0. The second-order valence-electron chi connectivity index (χ2n) is 8.00. The number of hydrogen-bond acceptors (Lipinski definition) is 7. The van der Waals surface area contributed by atoms with Crippen LogP contribution >= 0.6 is 11.8 Å². The highest BCUT2D eigenvalue weighted by Gasteiger charge is 2.25. The predicted molar refractivity (Wildman–Crippen MR) is 132 cm³/mol. The standard InChI is InChI=1S/C24H27N5O3S2/c1-2-15-29-23(20-11-13-25-14-12-20)26-27-24(29)33-18-22(30)19-7-9-21(10-8-19)34(31,32)28-16-5-3-4-6-17-28/h2,7-14H,1,3-6,15-18H2. The summed E-state index contributed by atoms with van der Waals surface area (Å²) >= 11 is 1.29. The summed E-state index contributed by atoms with van der Waals surface area (Å²) in [7, 11) is -3.54. The van der Waals surface area contributed by atoms with E-state index in [4.69, 9.17) is 0 Å². The van der Waals surface area contributed by atoms with E-state index in [1.165, 1.54) is 23.9 Å². The third-order valence-corrected chi connectivity index (χ3v) is 8.56. The fourth-order valence-electron chi connectivity index (χ4n) is 3.86. The Morgan fingerprint density at radius 1 is 1.00 bits per heavy atom. The van der Waals surface area contributed by atoms with Gasteiger partial charge < -0.3 is 0 Å². The van der Waals surface area contributed by atoms with Crippen LogP contribution in [0.5, 0.6) is 0 Å². The monoisotopic (exact) mass is 497 g/mol. The van der Waals surface area contributed by atoms with E-state index in [0.717, 1.165) is 31.2 Å². The summed E-state index contributed by atoms with van der Waals surface area (Å²) in [6, 6.07) is 9.93. The number of carbonyl (C=O) groups is 1. The minimum atomic E-state index is -3.54. The first kappa shape index (κ1) is 24.3. The summed E-state index contributed by atoms with van der Waals surface area (Å²) in [6.07, 6.45) is 9.01. The summed E-state index contributed by atoms with van der Waals surface area (Å²) in [4.78, 5) is 17.1. The molecule has 0 bridgehead atoms. The van der Waals surface area contributed by atoms with Gasteiger partial charge in [0.25, 0.3) is 0 Å². The van der Waals surface area contributed by atoms with Crippen molar-refractivity contribution in [2.75, 3.05) is 18.8 Å². The molecular weight excluding hydrogens is 470 g/mol. The lowest BCUT2D eigenvalue weighted by Gasteiger charge is -2.20. The van der Waals surface area contributed by atoms with Crippen molar-refractivity contribution in [3.05, 3.63) is 67.0 Å². The molecule has 34 heavy (non-hydrogen) atoms. The first-order valence-corrected chi connectivity index (χ1v) is 13.6. The number of pyridine rings is 1. The molecule has 0 unspecified atom stereocenters. The number of hydrogen-bond donors (Lipinski definition) is 0. The summed E-state index contributed by atoms with van der Waals surface area (Å²) in [5.41, 5.74) is 1.34. The van der Waals surface area contributed by atoms with Gasteiger partial charge in [-0.2, -0.15) is 4.31 Å². The third-order valence-electron chi connectivity index (χ3n) is 5.68. The molecule has 10 heteroatoms. The quantitative estimate of drug-likeness (QED) is 0.250. The van der Waals surface area contributed by atoms with E-state index in [2.05, 4.69) is 21.8 Å². The molecule has 0 N–H and O–H groups in total. The van der Waals surface area contributed by atoms with E-state index < -0.39 is 10.0 Å². The molecule has 1 fully saturated rings. The number of thioether (sulfide) groups is 1. The van der Waals surface area contributed by atoms with Gasteiger partial charge in [0, 0.05) is 43.2 Å². The highest BCUT2D eigenvalue weighted by Crippen LogP contribution is 2.25. The van der Waals surface area contributed by atoms with Crippen molar-refractivity contribution in [3.63, 3.8) is 0 Å². The SMILES string of the molecule is C=CCn1c(SCC(=O)c2ccc(S(=O)(=O)N3CCCCCC3)cc2)nnc1-c1ccncc1. The second kappa shape index (κ2) is 11.1. The average Bonchev–Trinajstić information content (AvgIpc) is 3.06. The van der Waals surface area contributed by atoms with Crippen molar-refractivity contribution in [2.45, 2.75) is 42.3 Å². The highest BCUT2D eigenvalue weighted by molar-refractivity contribution is 7.99. The van der Waals surface area contributed by atoms with Crippen molar-refractivity contribution in [1.82, 2.24) is 24.1 Å². The zero-order valence-corrected chi connectivity index (χ0v) is 20.5. The van der Waals surface area contributed by atoms with Crippen LogP contribution in [-0.2, 0) is 16.6 Å². The van der Waals surface area contributed by atoms with Gasteiger partial charge in [0.05, 0.1) is 10.6 Å². The Labute approximate surface area is 204 Å². The van der Waals surface area contributed by atoms with Crippen LogP contribution in [0.1, 0.15) is 36.0 Å². The molecule has 2 aromatic heterocycles. The number of nitrogens with zero attached hydrogens (tertiary/aromatic N) is 5. The molecule has 0 aliphatic carbocycles. The van der Waals surface area contributed by atoms with Crippen molar-refractivity contribution in [2.24, 2.45) is 0 Å². The lowest BCUT2D eigenvalue weighted by Crippen LogP contribution is -2.31. The van der Waals surface area contributed by atoms with Gasteiger partial charge in [-0.25, -0.2) is 8.42 Å². The number of benzene rings is 1. The summed E-state index contributed by atoms with van der Waals surface area (Å²) in [6.45, 7) is 5.40. The van der Waals surface area contributed by atoms with Crippen LogP contribution in [0.3, 0.4) is 0 Å². The molecule has 0 atom stereocenters. The Bertz CT molecular complexity index is 1230. The topological polar surface area (TPSA) is 98.1 Å².